The number of amides is 1. The Morgan fingerprint density at radius 3 is 2.60 bits per heavy atom. The number of aromatic nitrogens is 4. The number of rotatable bonds is 5. The second-order valence-corrected chi connectivity index (χ2v) is 6.29. The minimum atomic E-state index is -0.100. The Balaban J connectivity index is 1.66. The summed E-state index contributed by atoms with van der Waals surface area (Å²) in [7, 11) is 0. The lowest BCUT2D eigenvalue weighted by atomic mass is 10.1. The second kappa shape index (κ2) is 7.44. The van der Waals surface area contributed by atoms with Crippen LogP contribution in [-0.4, -0.2) is 26.1 Å². The summed E-state index contributed by atoms with van der Waals surface area (Å²) in [5, 5.41) is 15.2. The molecule has 25 heavy (non-hydrogen) atoms. The van der Waals surface area contributed by atoms with Crippen LogP contribution in [0.4, 0.5) is 0 Å². The van der Waals surface area contributed by atoms with Gasteiger partial charge in [-0.2, -0.15) is 4.68 Å². The van der Waals surface area contributed by atoms with Crippen LogP contribution in [0, 0.1) is 13.8 Å². The molecule has 3 aromatic rings. The first kappa shape index (κ1) is 17.1. The molecule has 0 aliphatic rings. The van der Waals surface area contributed by atoms with Crippen LogP contribution < -0.4 is 5.32 Å². The molecule has 6 nitrogen and oxygen atoms in total. The van der Waals surface area contributed by atoms with Gasteiger partial charge in [-0.25, -0.2) is 0 Å². The zero-order chi connectivity index (χ0) is 17.8. The van der Waals surface area contributed by atoms with Crippen molar-refractivity contribution in [1.82, 2.24) is 25.5 Å². The number of nitrogens with one attached hydrogen (secondary N) is 1. The van der Waals surface area contributed by atoms with Crippen molar-refractivity contribution in [2.75, 3.05) is 0 Å². The number of carbonyl (C=O) groups is 1. The summed E-state index contributed by atoms with van der Waals surface area (Å²) in [5.74, 6) is 0.477. The SMILES string of the molecule is Cc1ccc(-n2nnnc2CNC(=O)Cc2ccc(Cl)cc2)cc1C. The van der Waals surface area contributed by atoms with Gasteiger partial charge in [0.1, 0.15) is 0 Å². The van der Waals surface area contributed by atoms with E-state index in [0.717, 1.165) is 16.8 Å². The molecule has 0 spiro atoms. The number of halogens is 1. The summed E-state index contributed by atoms with van der Waals surface area (Å²) >= 11 is 5.85. The fraction of sp³-hybridized carbons (Fsp3) is 0.222. The van der Waals surface area contributed by atoms with Crippen molar-refractivity contribution in [1.29, 1.82) is 0 Å². The molecule has 1 N–H and O–H groups in total. The molecule has 1 heterocycles. The average molecular weight is 356 g/mol. The van der Waals surface area contributed by atoms with Gasteiger partial charge in [-0.05, 0) is 65.2 Å². The number of tetrazole rings is 1. The lowest BCUT2D eigenvalue weighted by Crippen LogP contribution is -2.26. The van der Waals surface area contributed by atoms with Gasteiger partial charge in [0.15, 0.2) is 5.82 Å². The van der Waals surface area contributed by atoms with E-state index in [1.54, 1.807) is 16.8 Å². The van der Waals surface area contributed by atoms with Crippen molar-refractivity contribution in [3.05, 3.63) is 70.0 Å². The number of nitrogens with zero attached hydrogens (tertiary/aromatic N) is 4. The van der Waals surface area contributed by atoms with Gasteiger partial charge >= 0.3 is 0 Å². The van der Waals surface area contributed by atoms with Gasteiger partial charge < -0.3 is 5.32 Å². The van der Waals surface area contributed by atoms with Crippen molar-refractivity contribution >= 4 is 17.5 Å². The van der Waals surface area contributed by atoms with Crippen LogP contribution in [0.15, 0.2) is 42.5 Å². The minimum Gasteiger partial charge on any atom is -0.348 e. The maximum Gasteiger partial charge on any atom is 0.224 e. The summed E-state index contributed by atoms with van der Waals surface area (Å²) in [6.07, 6.45) is 0.280. The molecule has 1 aromatic heterocycles. The molecule has 0 unspecified atom stereocenters. The third kappa shape index (κ3) is 4.22. The Kier molecular flexibility index (Phi) is 5.09. The summed E-state index contributed by atoms with van der Waals surface area (Å²) in [5.41, 5.74) is 4.13. The first-order valence-electron chi connectivity index (χ1n) is 7.89. The number of hydrogen-bond acceptors (Lipinski definition) is 4. The maximum atomic E-state index is 12.1. The zero-order valence-corrected chi connectivity index (χ0v) is 14.8. The van der Waals surface area contributed by atoms with Gasteiger partial charge in [-0.1, -0.05) is 29.8 Å². The molecular formula is C18H18ClN5O. The predicted molar refractivity (Wildman–Crippen MR) is 95.6 cm³/mol. The molecule has 0 aliphatic heterocycles. The molecule has 0 saturated heterocycles. The summed E-state index contributed by atoms with van der Waals surface area (Å²) in [6, 6.07) is 13.2. The Hall–Kier alpha value is -2.73. The molecule has 0 saturated carbocycles. The second-order valence-electron chi connectivity index (χ2n) is 5.86. The van der Waals surface area contributed by atoms with E-state index in [-0.39, 0.29) is 18.9 Å². The monoisotopic (exact) mass is 355 g/mol. The quantitative estimate of drug-likeness (QED) is 0.763. The van der Waals surface area contributed by atoms with Crippen LogP contribution >= 0.6 is 11.6 Å². The molecule has 7 heteroatoms. The standard InChI is InChI=1S/C18H18ClN5O/c1-12-3-8-16(9-13(12)2)24-17(21-22-23-24)11-20-18(25)10-14-4-6-15(19)7-5-14/h3-9H,10-11H2,1-2H3,(H,20,25). The van der Waals surface area contributed by atoms with Crippen LogP contribution in [0.1, 0.15) is 22.5 Å². The molecule has 0 bridgehead atoms. The first-order valence-corrected chi connectivity index (χ1v) is 8.27. The Bertz CT molecular complexity index is 889. The molecule has 1 amide bonds. The van der Waals surface area contributed by atoms with Crippen molar-refractivity contribution in [2.24, 2.45) is 0 Å². The van der Waals surface area contributed by atoms with E-state index < -0.39 is 0 Å². The van der Waals surface area contributed by atoms with Gasteiger partial charge in [-0.15, -0.1) is 5.10 Å². The van der Waals surface area contributed by atoms with E-state index in [9.17, 15) is 4.79 Å². The van der Waals surface area contributed by atoms with Crippen molar-refractivity contribution < 1.29 is 4.79 Å². The van der Waals surface area contributed by atoms with Crippen molar-refractivity contribution in [2.45, 2.75) is 26.8 Å². The van der Waals surface area contributed by atoms with Gasteiger partial charge in [-0.3, -0.25) is 4.79 Å². The minimum absolute atomic E-state index is 0.100. The Morgan fingerprint density at radius 1 is 1.12 bits per heavy atom. The average Bonchev–Trinajstić information content (AvgIpc) is 3.06. The van der Waals surface area contributed by atoms with Gasteiger partial charge in [0, 0.05) is 5.02 Å². The van der Waals surface area contributed by atoms with Crippen molar-refractivity contribution in [3.63, 3.8) is 0 Å². The summed E-state index contributed by atoms with van der Waals surface area (Å²) in [4.78, 5) is 12.1. The lowest BCUT2D eigenvalue weighted by molar-refractivity contribution is -0.120. The molecule has 0 fully saturated rings. The van der Waals surface area contributed by atoms with Crippen molar-refractivity contribution in [3.8, 4) is 5.69 Å². The summed E-state index contributed by atoms with van der Waals surface area (Å²) < 4.78 is 1.63. The van der Waals surface area contributed by atoms with E-state index in [0.29, 0.717) is 10.8 Å². The smallest absolute Gasteiger partial charge is 0.224 e. The Morgan fingerprint density at radius 2 is 1.88 bits per heavy atom. The van der Waals surface area contributed by atoms with E-state index in [4.69, 9.17) is 11.6 Å². The molecule has 0 atom stereocenters. The zero-order valence-electron chi connectivity index (χ0n) is 14.0. The third-order valence-corrected chi connectivity index (χ3v) is 4.24. The Labute approximate surface area is 150 Å². The molecule has 128 valence electrons. The largest absolute Gasteiger partial charge is 0.348 e. The topological polar surface area (TPSA) is 72.7 Å². The highest BCUT2D eigenvalue weighted by molar-refractivity contribution is 6.30. The van der Waals surface area contributed by atoms with Gasteiger partial charge in [0.05, 0.1) is 18.7 Å². The van der Waals surface area contributed by atoms with Crippen LogP contribution in [-0.2, 0) is 17.8 Å². The number of hydrogen-bond donors (Lipinski definition) is 1. The molecule has 0 aliphatic carbocycles. The number of aryl methyl sites for hydroxylation is 2. The fourth-order valence-electron chi connectivity index (χ4n) is 2.40. The first-order chi connectivity index (χ1) is 12.0. The molecule has 0 radical (unpaired) electrons. The lowest BCUT2D eigenvalue weighted by Gasteiger charge is -2.08. The van der Waals surface area contributed by atoms with Crippen LogP contribution in [0.2, 0.25) is 5.02 Å². The van der Waals surface area contributed by atoms with Gasteiger partial charge in [0.25, 0.3) is 0 Å². The normalized spacial score (nSPS) is 10.7. The predicted octanol–water partition coefficient (Wildman–Crippen LogP) is 2.79. The maximum absolute atomic E-state index is 12.1. The number of carbonyl (C=O) groups excluding carboxylic acids is 1. The van der Waals surface area contributed by atoms with E-state index in [2.05, 4.69) is 27.8 Å². The van der Waals surface area contributed by atoms with E-state index >= 15 is 0 Å². The van der Waals surface area contributed by atoms with E-state index in [1.165, 1.54) is 5.56 Å². The summed E-state index contributed by atoms with van der Waals surface area (Å²) in [6.45, 7) is 4.35. The third-order valence-electron chi connectivity index (χ3n) is 3.99. The van der Waals surface area contributed by atoms with Crippen LogP contribution in [0.3, 0.4) is 0 Å². The fourth-order valence-corrected chi connectivity index (χ4v) is 2.53. The number of benzene rings is 2. The molecular weight excluding hydrogens is 338 g/mol. The molecule has 2 aromatic carbocycles. The highest BCUT2D eigenvalue weighted by atomic mass is 35.5. The van der Waals surface area contributed by atoms with Gasteiger partial charge in [0.2, 0.25) is 5.91 Å². The van der Waals surface area contributed by atoms with E-state index in [1.807, 2.05) is 37.3 Å². The van der Waals surface area contributed by atoms with Crippen LogP contribution in [0.25, 0.3) is 5.69 Å². The van der Waals surface area contributed by atoms with Crippen LogP contribution in [0.5, 0.6) is 0 Å². The molecule has 3 rings (SSSR count). The highest BCUT2D eigenvalue weighted by Gasteiger charge is 2.11. The highest BCUT2D eigenvalue weighted by Crippen LogP contribution is 2.14.